The van der Waals surface area contributed by atoms with E-state index in [9.17, 15) is 27.1 Å². The quantitative estimate of drug-likeness (QED) is 0.180. The Balaban J connectivity index is 1.18. The molecule has 4 aromatic rings. The van der Waals surface area contributed by atoms with E-state index in [4.69, 9.17) is 7.85 Å². The van der Waals surface area contributed by atoms with Crippen LogP contribution >= 0.6 is 0 Å². The Morgan fingerprint density at radius 1 is 1.14 bits per heavy atom. The zero-order valence-corrected chi connectivity index (χ0v) is 23.8. The largest absolute Gasteiger partial charge is 0.507 e. The van der Waals surface area contributed by atoms with Crippen LogP contribution in [0.25, 0.3) is 16.9 Å². The molecule has 1 unspecified atom stereocenters. The highest BCUT2D eigenvalue weighted by molar-refractivity contribution is 7.89. The number of para-hydroxylation sites is 1. The van der Waals surface area contributed by atoms with E-state index in [0.717, 1.165) is 5.56 Å². The summed E-state index contributed by atoms with van der Waals surface area (Å²) in [7, 11) is 2.21. The van der Waals surface area contributed by atoms with Gasteiger partial charge in [-0.3, -0.25) is 4.79 Å². The summed E-state index contributed by atoms with van der Waals surface area (Å²) in [4.78, 5) is 16.7. The van der Waals surface area contributed by atoms with Crippen LogP contribution in [0.3, 0.4) is 0 Å². The molecule has 218 valence electrons. The third-order valence-corrected chi connectivity index (χ3v) is 8.86. The van der Waals surface area contributed by atoms with Crippen LogP contribution in [0.5, 0.6) is 5.75 Å². The van der Waals surface area contributed by atoms with Crippen molar-refractivity contribution in [2.75, 3.05) is 18.4 Å². The van der Waals surface area contributed by atoms with Gasteiger partial charge in [0, 0.05) is 43.8 Å². The second-order valence-electron chi connectivity index (χ2n) is 10.5. The Kier molecular flexibility index (Phi) is 8.33. The van der Waals surface area contributed by atoms with Crippen molar-refractivity contribution in [2.45, 2.75) is 49.8 Å². The number of Topliss-reactive ketones (excluding diaryl/α,β-unsaturated/α-hetero) is 1. The number of phenolic OH excluding ortho intramolecular Hbond substituents is 1. The van der Waals surface area contributed by atoms with Crippen molar-refractivity contribution in [3.8, 4) is 17.0 Å². The van der Waals surface area contributed by atoms with Crippen molar-refractivity contribution in [1.82, 2.24) is 19.3 Å². The fourth-order valence-electron chi connectivity index (χ4n) is 5.17. The number of benzene rings is 2. The summed E-state index contributed by atoms with van der Waals surface area (Å²) in [5, 5.41) is 17.8. The lowest BCUT2D eigenvalue weighted by molar-refractivity contribution is -0.145. The highest BCUT2D eigenvalue weighted by Gasteiger charge is 2.39. The number of aryl methyl sites for hydroxylation is 1. The predicted molar refractivity (Wildman–Crippen MR) is 156 cm³/mol. The molecule has 1 aliphatic rings. The molecule has 0 saturated carbocycles. The molecule has 2 aromatic heterocycles. The van der Waals surface area contributed by atoms with Crippen molar-refractivity contribution in [1.29, 1.82) is 0 Å². The fourth-order valence-corrected chi connectivity index (χ4v) is 6.30. The number of phenols is 1. The van der Waals surface area contributed by atoms with E-state index in [1.165, 1.54) is 18.3 Å². The number of alkyl halides is 2. The van der Waals surface area contributed by atoms with E-state index in [1.807, 2.05) is 0 Å². The first-order valence-electron chi connectivity index (χ1n) is 13.6. The number of nitrogens with zero attached hydrogens (tertiary/aromatic N) is 3. The van der Waals surface area contributed by atoms with Crippen LogP contribution in [-0.2, 0) is 27.7 Å². The molecular weight excluding hydrogens is 563 g/mol. The van der Waals surface area contributed by atoms with Crippen molar-refractivity contribution in [2.24, 2.45) is 5.92 Å². The fraction of sp³-hybridized carbons (Fsp3) is 0.345. The Bertz CT molecular complexity index is 1740. The van der Waals surface area contributed by atoms with Crippen molar-refractivity contribution in [3.63, 3.8) is 0 Å². The number of aromatic hydroxyl groups is 1. The van der Waals surface area contributed by atoms with E-state index in [-0.39, 0.29) is 23.6 Å². The highest BCUT2D eigenvalue weighted by Crippen LogP contribution is 2.32. The van der Waals surface area contributed by atoms with Gasteiger partial charge in [0.25, 0.3) is 0 Å². The number of ketones is 1. The van der Waals surface area contributed by atoms with Crippen LogP contribution in [0.2, 0.25) is 0 Å². The number of carbonyl (C=O) groups is 1. The number of rotatable bonds is 11. The second kappa shape index (κ2) is 11.8. The van der Waals surface area contributed by atoms with Crippen LogP contribution in [0, 0.1) is 5.92 Å². The molecule has 0 amide bonds. The van der Waals surface area contributed by atoms with Gasteiger partial charge in [0.15, 0.2) is 5.65 Å². The molecule has 2 heterocycles. The first-order valence-corrected chi connectivity index (χ1v) is 15.1. The number of aromatic nitrogens is 3. The molecule has 0 spiro atoms. The van der Waals surface area contributed by atoms with Gasteiger partial charge in [0.2, 0.25) is 15.8 Å². The highest BCUT2D eigenvalue weighted by atomic mass is 32.2. The number of hydrogen-bond acceptors (Lipinski definition) is 7. The number of anilines is 1. The number of unbranched alkanes of at least 4 members (excludes halogenated alkanes) is 1. The molecule has 0 saturated heterocycles. The van der Waals surface area contributed by atoms with Crippen LogP contribution in [0.1, 0.15) is 37.3 Å². The lowest BCUT2D eigenvalue weighted by atomic mass is 9.80. The number of sulfonamides is 1. The molecule has 5 rings (SSSR count). The lowest BCUT2D eigenvalue weighted by Gasteiger charge is -2.26. The average Bonchev–Trinajstić information content (AvgIpc) is 3.34. The predicted octanol–water partition coefficient (Wildman–Crippen LogP) is 3.40. The Morgan fingerprint density at radius 3 is 2.67 bits per heavy atom. The first kappa shape index (κ1) is 29.7. The van der Waals surface area contributed by atoms with Crippen molar-refractivity contribution in [3.05, 3.63) is 65.9 Å². The van der Waals surface area contributed by atoms with Gasteiger partial charge in [0.05, 0.1) is 10.6 Å². The van der Waals surface area contributed by atoms with Crippen LogP contribution in [0.15, 0.2) is 59.6 Å². The number of fused-ring (bicyclic) bond motifs is 2. The monoisotopic (exact) mass is 593 g/mol. The van der Waals surface area contributed by atoms with E-state index >= 15 is 0 Å². The summed E-state index contributed by atoms with van der Waals surface area (Å²) < 4.78 is 57.1. The van der Waals surface area contributed by atoms with Crippen molar-refractivity contribution < 1.29 is 27.1 Å². The SMILES string of the molecule is [B]c1cnn2c(NCCCCNS(=O)(=O)c3ccc4c(c3)CC(C(=O)C(C)(F)F)CC4)cc(-c3ccccc3O)nc12. The minimum atomic E-state index is -3.83. The maximum absolute atomic E-state index is 13.6. The molecular formula is C29H30BF2N5O4S. The number of halogens is 2. The van der Waals surface area contributed by atoms with Crippen molar-refractivity contribution >= 4 is 40.6 Å². The van der Waals surface area contributed by atoms with E-state index in [2.05, 4.69) is 20.1 Å². The summed E-state index contributed by atoms with van der Waals surface area (Å²) in [6, 6.07) is 13.3. The molecule has 1 aliphatic carbocycles. The van der Waals surface area contributed by atoms with Gasteiger partial charge in [-0.1, -0.05) is 18.2 Å². The Labute approximate surface area is 243 Å². The molecule has 0 fully saturated rings. The summed E-state index contributed by atoms with van der Waals surface area (Å²) >= 11 is 0. The van der Waals surface area contributed by atoms with E-state index in [0.29, 0.717) is 72.9 Å². The smallest absolute Gasteiger partial charge is 0.302 e. The standard InChI is InChI=1S/C29H30BF2N5O4S/c1-29(31,32)27(39)19-9-8-18-10-11-21(15-20(18)14-19)42(40,41)35-13-5-4-12-33-26-16-24(22-6-2-3-7-25(22)38)36-28-23(30)17-34-37(26)28/h2-3,6-7,10-11,15-17,19,33,35,38H,4-5,8-9,12-14H2,1H3. The van der Waals surface area contributed by atoms with Gasteiger partial charge < -0.3 is 10.4 Å². The molecule has 0 bridgehead atoms. The van der Waals surface area contributed by atoms with Crippen LogP contribution < -0.4 is 15.5 Å². The van der Waals surface area contributed by atoms with E-state index in [1.54, 1.807) is 40.9 Å². The van der Waals surface area contributed by atoms with Gasteiger partial charge in [-0.15, -0.1) is 0 Å². The molecule has 2 aromatic carbocycles. The molecule has 0 aliphatic heterocycles. The zero-order chi connectivity index (χ0) is 30.1. The summed E-state index contributed by atoms with van der Waals surface area (Å²) in [6.45, 7) is 1.29. The van der Waals surface area contributed by atoms with E-state index < -0.39 is 27.6 Å². The maximum Gasteiger partial charge on any atom is 0.302 e. The first-order chi connectivity index (χ1) is 19.9. The molecule has 2 radical (unpaired) electrons. The number of nitrogens with one attached hydrogen (secondary N) is 2. The van der Waals surface area contributed by atoms with Gasteiger partial charge >= 0.3 is 5.92 Å². The zero-order valence-electron chi connectivity index (χ0n) is 23.0. The Morgan fingerprint density at radius 2 is 1.90 bits per heavy atom. The number of carbonyl (C=O) groups excluding carboxylic acids is 1. The minimum Gasteiger partial charge on any atom is -0.507 e. The summed E-state index contributed by atoms with van der Waals surface area (Å²) in [6.07, 6.45) is 3.51. The molecule has 42 heavy (non-hydrogen) atoms. The third-order valence-electron chi connectivity index (χ3n) is 7.40. The molecule has 3 N–H and O–H groups in total. The van der Waals surface area contributed by atoms with Gasteiger partial charge in [0.1, 0.15) is 19.4 Å². The maximum atomic E-state index is 13.6. The Hall–Kier alpha value is -3.84. The third kappa shape index (κ3) is 6.31. The molecule has 1 atom stereocenters. The van der Waals surface area contributed by atoms with Gasteiger partial charge in [-0.05, 0) is 73.0 Å². The lowest BCUT2D eigenvalue weighted by Crippen LogP contribution is -2.35. The second-order valence-corrected chi connectivity index (χ2v) is 12.3. The normalized spacial score (nSPS) is 15.5. The van der Waals surface area contributed by atoms with Gasteiger partial charge in [-0.2, -0.15) is 18.4 Å². The van der Waals surface area contributed by atoms with Crippen LogP contribution in [-0.4, -0.2) is 60.8 Å². The van der Waals surface area contributed by atoms with Gasteiger partial charge in [-0.25, -0.2) is 18.1 Å². The topological polar surface area (TPSA) is 126 Å². The average molecular weight is 593 g/mol. The summed E-state index contributed by atoms with van der Waals surface area (Å²) in [5.41, 5.74) is 3.38. The minimum absolute atomic E-state index is 0.0443. The molecule has 13 heteroatoms. The van der Waals surface area contributed by atoms with Crippen LogP contribution in [0.4, 0.5) is 14.6 Å². The summed E-state index contributed by atoms with van der Waals surface area (Å²) in [5.74, 6) is -4.65. The number of hydrogen-bond donors (Lipinski definition) is 3. The molecule has 9 nitrogen and oxygen atoms in total.